The van der Waals surface area contributed by atoms with Gasteiger partial charge < -0.3 is 14.8 Å². The molecule has 1 amide bonds. The van der Waals surface area contributed by atoms with Crippen LogP contribution in [0.5, 0.6) is 5.88 Å². The van der Waals surface area contributed by atoms with Gasteiger partial charge in [0.1, 0.15) is 17.5 Å². The standard InChI is InChI=1S/C22H20Cl2N6O3/c1-13(2)32-11-18(21(31)29-19-8-7-14(23)9-25-19)33-22-15-10-28-30(20(15)26-12-27-22)17-6-4-3-5-16(17)24/h3-10,12-13,18H,11H2,1-2H3,(H,25,29,31). The number of benzene rings is 1. The highest BCUT2D eigenvalue weighted by atomic mass is 35.5. The monoisotopic (exact) mass is 486 g/mol. The lowest BCUT2D eigenvalue weighted by Crippen LogP contribution is -2.38. The molecule has 11 heteroatoms. The number of halogens is 2. The highest BCUT2D eigenvalue weighted by molar-refractivity contribution is 6.32. The molecule has 1 N–H and O–H groups in total. The van der Waals surface area contributed by atoms with Crippen LogP contribution < -0.4 is 10.1 Å². The third kappa shape index (κ3) is 5.39. The summed E-state index contributed by atoms with van der Waals surface area (Å²) >= 11 is 12.2. The van der Waals surface area contributed by atoms with Crippen LogP contribution in [0.1, 0.15) is 13.8 Å². The van der Waals surface area contributed by atoms with E-state index in [4.69, 9.17) is 32.7 Å². The Kier molecular flexibility index (Phi) is 7.02. The van der Waals surface area contributed by atoms with Gasteiger partial charge in [-0.2, -0.15) is 5.10 Å². The fraction of sp³-hybridized carbons (Fsp3) is 0.227. The van der Waals surface area contributed by atoms with Gasteiger partial charge in [0.15, 0.2) is 5.65 Å². The first kappa shape index (κ1) is 22.9. The third-order valence-corrected chi connectivity index (χ3v) is 5.06. The normalized spacial score (nSPS) is 12.2. The van der Waals surface area contributed by atoms with E-state index in [1.807, 2.05) is 32.0 Å². The zero-order valence-corrected chi connectivity index (χ0v) is 19.3. The van der Waals surface area contributed by atoms with Crippen molar-refractivity contribution in [2.24, 2.45) is 0 Å². The quantitative estimate of drug-likeness (QED) is 0.395. The van der Waals surface area contributed by atoms with Crippen LogP contribution in [-0.4, -0.2) is 49.5 Å². The van der Waals surface area contributed by atoms with Gasteiger partial charge in [-0.25, -0.2) is 19.6 Å². The molecule has 0 aliphatic rings. The first-order valence-corrected chi connectivity index (χ1v) is 10.8. The van der Waals surface area contributed by atoms with E-state index in [2.05, 4.69) is 25.4 Å². The SMILES string of the molecule is CC(C)OCC(Oc1ncnc2c1cnn2-c1ccccc1Cl)C(=O)Nc1ccc(Cl)cn1. The van der Waals surface area contributed by atoms with Crippen LogP contribution in [0.25, 0.3) is 16.7 Å². The number of carbonyl (C=O) groups excluding carboxylic acids is 1. The molecule has 3 aromatic heterocycles. The van der Waals surface area contributed by atoms with Crippen molar-refractivity contribution in [3.8, 4) is 11.6 Å². The first-order valence-electron chi connectivity index (χ1n) is 10.1. The van der Waals surface area contributed by atoms with Crippen molar-refractivity contribution in [3.05, 3.63) is 65.2 Å². The van der Waals surface area contributed by atoms with Gasteiger partial charge >= 0.3 is 0 Å². The van der Waals surface area contributed by atoms with Crippen LogP contribution in [-0.2, 0) is 9.53 Å². The van der Waals surface area contributed by atoms with E-state index in [0.29, 0.717) is 32.6 Å². The largest absolute Gasteiger partial charge is 0.461 e. The van der Waals surface area contributed by atoms with Crippen LogP contribution in [0, 0.1) is 0 Å². The van der Waals surface area contributed by atoms with Crippen molar-refractivity contribution in [2.45, 2.75) is 26.1 Å². The maximum absolute atomic E-state index is 13.0. The van der Waals surface area contributed by atoms with Crippen LogP contribution in [0.4, 0.5) is 5.82 Å². The second-order valence-electron chi connectivity index (χ2n) is 7.26. The number of fused-ring (bicyclic) bond motifs is 1. The maximum atomic E-state index is 13.0. The fourth-order valence-electron chi connectivity index (χ4n) is 2.95. The molecule has 33 heavy (non-hydrogen) atoms. The Morgan fingerprint density at radius 2 is 1.91 bits per heavy atom. The predicted molar refractivity (Wildman–Crippen MR) is 125 cm³/mol. The summed E-state index contributed by atoms with van der Waals surface area (Å²) in [5.41, 5.74) is 1.14. The molecule has 4 rings (SSSR count). The Balaban J connectivity index is 1.62. The van der Waals surface area contributed by atoms with Crippen LogP contribution in [0.3, 0.4) is 0 Å². The minimum Gasteiger partial charge on any atom is -0.461 e. The van der Waals surface area contributed by atoms with Crippen LogP contribution >= 0.6 is 23.2 Å². The molecule has 0 saturated heterocycles. The Bertz CT molecular complexity index is 1260. The highest BCUT2D eigenvalue weighted by Gasteiger charge is 2.25. The Hall–Kier alpha value is -3.27. The molecule has 3 heterocycles. The summed E-state index contributed by atoms with van der Waals surface area (Å²) in [5.74, 6) is 0.0764. The summed E-state index contributed by atoms with van der Waals surface area (Å²) in [6.45, 7) is 3.74. The zero-order valence-electron chi connectivity index (χ0n) is 17.8. The van der Waals surface area contributed by atoms with Gasteiger partial charge in [0.25, 0.3) is 5.91 Å². The number of para-hydroxylation sites is 1. The van der Waals surface area contributed by atoms with E-state index in [1.165, 1.54) is 12.5 Å². The molecule has 1 aromatic carbocycles. The van der Waals surface area contributed by atoms with Crippen LogP contribution in [0.2, 0.25) is 10.0 Å². The predicted octanol–water partition coefficient (Wildman–Crippen LogP) is 4.33. The van der Waals surface area contributed by atoms with Gasteiger partial charge in [-0.1, -0.05) is 35.3 Å². The zero-order chi connectivity index (χ0) is 23.4. The lowest BCUT2D eigenvalue weighted by molar-refractivity contribution is -0.126. The number of aromatic nitrogens is 5. The van der Waals surface area contributed by atoms with E-state index in [9.17, 15) is 4.79 Å². The summed E-state index contributed by atoms with van der Waals surface area (Å²) in [7, 11) is 0. The van der Waals surface area contributed by atoms with E-state index < -0.39 is 12.0 Å². The number of pyridine rings is 1. The van der Waals surface area contributed by atoms with Crippen LogP contribution in [0.15, 0.2) is 55.1 Å². The number of hydrogen-bond acceptors (Lipinski definition) is 7. The second kappa shape index (κ2) is 10.1. The lowest BCUT2D eigenvalue weighted by Gasteiger charge is -2.19. The van der Waals surface area contributed by atoms with Crippen molar-refractivity contribution < 1.29 is 14.3 Å². The van der Waals surface area contributed by atoms with Crippen molar-refractivity contribution in [1.82, 2.24) is 24.7 Å². The van der Waals surface area contributed by atoms with Crippen molar-refractivity contribution in [2.75, 3.05) is 11.9 Å². The molecule has 4 aromatic rings. The van der Waals surface area contributed by atoms with Gasteiger partial charge in [0.05, 0.1) is 34.6 Å². The Labute approximate surface area is 199 Å². The molecule has 1 atom stereocenters. The first-order chi connectivity index (χ1) is 15.9. The van der Waals surface area contributed by atoms with Crippen molar-refractivity contribution in [3.63, 3.8) is 0 Å². The molecule has 0 aliphatic heterocycles. The number of carbonyl (C=O) groups is 1. The minimum absolute atomic E-state index is 0.00123. The second-order valence-corrected chi connectivity index (χ2v) is 8.11. The molecule has 170 valence electrons. The van der Waals surface area contributed by atoms with Crippen molar-refractivity contribution >= 4 is 46.0 Å². The van der Waals surface area contributed by atoms with Gasteiger partial charge in [-0.15, -0.1) is 0 Å². The number of anilines is 1. The summed E-state index contributed by atoms with van der Waals surface area (Å²) in [4.78, 5) is 25.6. The number of amides is 1. The molecule has 0 radical (unpaired) electrons. The number of rotatable bonds is 8. The van der Waals surface area contributed by atoms with Crippen molar-refractivity contribution in [1.29, 1.82) is 0 Å². The fourth-order valence-corrected chi connectivity index (χ4v) is 3.28. The number of ether oxygens (including phenoxy) is 2. The lowest BCUT2D eigenvalue weighted by atomic mass is 10.3. The molecule has 1 unspecified atom stereocenters. The molecular formula is C22H20Cl2N6O3. The Morgan fingerprint density at radius 1 is 1.09 bits per heavy atom. The van der Waals surface area contributed by atoms with E-state index in [1.54, 1.807) is 29.1 Å². The summed E-state index contributed by atoms with van der Waals surface area (Å²) in [5, 5.41) is 8.58. The smallest absolute Gasteiger partial charge is 0.269 e. The van der Waals surface area contributed by atoms with E-state index in [0.717, 1.165) is 0 Å². The number of nitrogens with zero attached hydrogens (tertiary/aromatic N) is 5. The molecule has 0 spiro atoms. The minimum atomic E-state index is -1.01. The molecule has 0 fully saturated rings. The summed E-state index contributed by atoms with van der Waals surface area (Å²) < 4.78 is 13.2. The average molecular weight is 487 g/mol. The third-order valence-electron chi connectivity index (χ3n) is 4.52. The average Bonchev–Trinajstić information content (AvgIpc) is 3.23. The number of nitrogens with one attached hydrogen (secondary N) is 1. The van der Waals surface area contributed by atoms with Gasteiger partial charge in [0, 0.05) is 6.20 Å². The van der Waals surface area contributed by atoms with E-state index >= 15 is 0 Å². The van der Waals surface area contributed by atoms with Gasteiger partial charge in [0.2, 0.25) is 12.0 Å². The van der Waals surface area contributed by atoms with Gasteiger partial charge in [-0.05, 0) is 38.1 Å². The Morgan fingerprint density at radius 3 is 2.64 bits per heavy atom. The molecule has 9 nitrogen and oxygen atoms in total. The maximum Gasteiger partial charge on any atom is 0.269 e. The number of hydrogen-bond donors (Lipinski definition) is 1. The topological polar surface area (TPSA) is 104 Å². The summed E-state index contributed by atoms with van der Waals surface area (Å²) in [6, 6.07) is 10.5. The molecule has 0 saturated carbocycles. The van der Waals surface area contributed by atoms with E-state index in [-0.39, 0.29) is 18.6 Å². The summed E-state index contributed by atoms with van der Waals surface area (Å²) in [6.07, 6.45) is 3.23. The molecule has 0 bridgehead atoms. The highest BCUT2D eigenvalue weighted by Crippen LogP contribution is 2.27. The van der Waals surface area contributed by atoms with Gasteiger partial charge in [-0.3, -0.25) is 4.79 Å². The molecular weight excluding hydrogens is 467 g/mol. The molecule has 0 aliphatic carbocycles.